The summed E-state index contributed by atoms with van der Waals surface area (Å²) in [5.74, 6) is -1.30. The van der Waals surface area contributed by atoms with E-state index in [1.54, 1.807) is 13.8 Å². The van der Waals surface area contributed by atoms with Gasteiger partial charge in [0.05, 0.1) is 11.3 Å². The van der Waals surface area contributed by atoms with Crippen LogP contribution in [0.4, 0.5) is 5.69 Å². The zero-order valence-electron chi connectivity index (χ0n) is 13.1. The van der Waals surface area contributed by atoms with Crippen LogP contribution in [0.5, 0.6) is 0 Å². The van der Waals surface area contributed by atoms with E-state index < -0.39 is 23.4 Å². The summed E-state index contributed by atoms with van der Waals surface area (Å²) in [5.41, 5.74) is 0.0579. The van der Waals surface area contributed by atoms with Crippen molar-refractivity contribution in [3.05, 3.63) is 42.0 Å². The lowest BCUT2D eigenvalue weighted by molar-refractivity contribution is -0.119. The second-order valence-corrected chi connectivity index (χ2v) is 5.87. The van der Waals surface area contributed by atoms with Gasteiger partial charge in [-0.1, -0.05) is 0 Å². The number of esters is 1. The van der Waals surface area contributed by atoms with E-state index in [9.17, 15) is 14.4 Å². The van der Waals surface area contributed by atoms with E-state index in [2.05, 4.69) is 0 Å². The van der Waals surface area contributed by atoms with Gasteiger partial charge in [0.15, 0.2) is 0 Å². The predicted octanol–water partition coefficient (Wildman–Crippen LogP) is 1.82. The Morgan fingerprint density at radius 2 is 1.70 bits per heavy atom. The lowest BCUT2D eigenvalue weighted by Crippen LogP contribution is -2.30. The molecule has 2 rings (SSSR count). The lowest BCUT2D eigenvalue weighted by atomic mass is 10.0. The predicted molar refractivity (Wildman–Crippen MR) is 83.9 cm³/mol. The fourth-order valence-corrected chi connectivity index (χ4v) is 2.27. The van der Waals surface area contributed by atoms with E-state index >= 15 is 0 Å². The molecule has 0 unspecified atom stereocenters. The van der Waals surface area contributed by atoms with Crippen molar-refractivity contribution < 1.29 is 24.2 Å². The van der Waals surface area contributed by atoms with Crippen LogP contribution in [0, 0.1) is 0 Å². The fraction of sp³-hybridized carbons (Fsp3) is 0.353. The van der Waals surface area contributed by atoms with Crippen LogP contribution in [-0.4, -0.2) is 35.1 Å². The number of anilines is 1. The fourth-order valence-electron chi connectivity index (χ4n) is 2.27. The molecule has 0 aliphatic carbocycles. The molecule has 122 valence electrons. The van der Waals surface area contributed by atoms with Crippen molar-refractivity contribution in [2.45, 2.75) is 32.3 Å². The second-order valence-electron chi connectivity index (χ2n) is 5.87. The smallest absolute Gasteiger partial charge is 0.338 e. The molecule has 0 bridgehead atoms. The molecule has 0 atom stereocenters. The molecule has 1 N–H and O–H groups in total. The van der Waals surface area contributed by atoms with Gasteiger partial charge < -0.3 is 9.84 Å². The van der Waals surface area contributed by atoms with Gasteiger partial charge in [-0.25, -0.2) is 9.69 Å². The van der Waals surface area contributed by atoms with Gasteiger partial charge >= 0.3 is 5.97 Å². The molecule has 6 heteroatoms. The minimum Gasteiger partial charge on any atom is -0.456 e. The summed E-state index contributed by atoms with van der Waals surface area (Å²) in [6.07, 6.45) is 3.50. The highest BCUT2D eigenvalue weighted by Crippen LogP contribution is 2.22. The highest BCUT2D eigenvalue weighted by atomic mass is 16.6. The first-order chi connectivity index (χ1) is 10.8. The molecule has 1 aromatic rings. The molecule has 1 aromatic carbocycles. The Morgan fingerprint density at radius 1 is 1.13 bits per heavy atom. The summed E-state index contributed by atoms with van der Waals surface area (Å²) in [7, 11) is 0. The van der Waals surface area contributed by atoms with Crippen LogP contribution in [0.3, 0.4) is 0 Å². The summed E-state index contributed by atoms with van der Waals surface area (Å²) >= 11 is 0. The third-order valence-electron chi connectivity index (χ3n) is 3.48. The van der Waals surface area contributed by atoms with Gasteiger partial charge in [0.2, 0.25) is 0 Å². The highest BCUT2D eigenvalue weighted by Gasteiger charge is 2.26. The van der Waals surface area contributed by atoms with Crippen molar-refractivity contribution in [1.29, 1.82) is 0 Å². The number of nitrogens with zero attached hydrogens (tertiary/aromatic N) is 1. The Kier molecular flexibility index (Phi) is 4.95. The van der Waals surface area contributed by atoms with Crippen molar-refractivity contribution in [2.75, 3.05) is 11.5 Å². The molecule has 0 saturated carbocycles. The van der Waals surface area contributed by atoms with Gasteiger partial charge in [-0.2, -0.15) is 0 Å². The molecule has 0 fully saturated rings. The molecular weight excluding hydrogens is 298 g/mol. The third-order valence-corrected chi connectivity index (χ3v) is 3.48. The minimum atomic E-state index is -0.677. The summed E-state index contributed by atoms with van der Waals surface area (Å²) in [6, 6.07) is 6.08. The molecule has 6 nitrogen and oxygen atoms in total. The largest absolute Gasteiger partial charge is 0.456 e. The number of hydrogen-bond donors (Lipinski definition) is 1. The van der Waals surface area contributed by atoms with E-state index in [-0.39, 0.29) is 6.61 Å². The van der Waals surface area contributed by atoms with Crippen LogP contribution in [-0.2, 0) is 14.3 Å². The van der Waals surface area contributed by atoms with E-state index in [4.69, 9.17) is 9.84 Å². The van der Waals surface area contributed by atoms with Crippen LogP contribution in [0.15, 0.2) is 36.4 Å². The monoisotopic (exact) mass is 317 g/mol. The SMILES string of the molecule is CC(C)(CCCO)OC(=O)c1ccc(N2C(=O)C=CC2=O)cc1. The van der Waals surface area contributed by atoms with E-state index in [0.29, 0.717) is 24.1 Å². The maximum absolute atomic E-state index is 12.1. The number of aliphatic hydroxyl groups is 1. The number of ether oxygens (including phenoxy) is 1. The Morgan fingerprint density at radius 3 is 2.22 bits per heavy atom. The molecule has 2 amide bonds. The van der Waals surface area contributed by atoms with Gasteiger partial charge in [0.25, 0.3) is 11.8 Å². The number of aliphatic hydroxyl groups excluding tert-OH is 1. The maximum Gasteiger partial charge on any atom is 0.338 e. The molecule has 1 heterocycles. The number of hydrogen-bond acceptors (Lipinski definition) is 5. The number of rotatable bonds is 6. The van der Waals surface area contributed by atoms with Gasteiger partial charge in [0, 0.05) is 18.8 Å². The highest BCUT2D eigenvalue weighted by molar-refractivity contribution is 6.28. The van der Waals surface area contributed by atoms with Crippen LogP contribution < -0.4 is 4.90 Å². The topological polar surface area (TPSA) is 83.9 Å². The number of carbonyl (C=O) groups is 3. The Labute approximate surface area is 134 Å². The van der Waals surface area contributed by atoms with Crippen LogP contribution in [0.2, 0.25) is 0 Å². The Balaban J connectivity index is 2.06. The summed E-state index contributed by atoms with van der Waals surface area (Å²) < 4.78 is 5.42. The Hall–Kier alpha value is -2.47. The van der Waals surface area contributed by atoms with Crippen molar-refractivity contribution in [1.82, 2.24) is 0 Å². The molecule has 0 spiro atoms. The number of carbonyl (C=O) groups excluding carboxylic acids is 3. The quantitative estimate of drug-likeness (QED) is 0.639. The van der Waals surface area contributed by atoms with E-state index in [1.807, 2.05) is 0 Å². The number of imide groups is 1. The van der Waals surface area contributed by atoms with Crippen molar-refractivity contribution in [2.24, 2.45) is 0 Å². The lowest BCUT2D eigenvalue weighted by Gasteiger charge is -2.25. The maximum atomic E-state index is 12.1. The molecule has 1 aliphatic heterocycles. The summed E-state index contributed by atoms with van der Waals surface area (Å²) in [4.78, 5) is 36.4. The average molecular weight is 317 g/mol. The third kappa shape index (κ3) is 4.04. The average Bonchev–Trinajstić information content (AvgIpc) is 2.84. The van der Waals surface area contributed by atoms with Gasteiger partial charge in [-0.15, -0.1) is 0 Å². The zero-order valence-corrected chi connectivity index (χ0v) is 13.1. The zero-order chi connectivity index (χ0) is 17.0. The van der Waals surface area contributed by atoms with Crippen molar-refractivity contribution in [3.63, 3.8) is 0 Å². The first-order valence-corrected chi connectivity index (χ1v) is 7.34. The summed E-state index contributed by atoms with van der Waals surface area (Å²) in [6.45, 7) is 3.60. The van der Waals surface area contributed by atoms with E-state index in [1.165, 1.54) is 36.4 Å². The van der Waals surface area contributed by atoms with Crippen molar-refractivity contribution >= 4 is 23.5 Å². The van der Waals surface area contributed by atoms with Gasteiger partial charge in [-0.05, 0) is 51.0 Å². The normalized spacial score (nSPS) is 14.5. The molecular formula is C17H19NO5. The molecule has 0 saturated heterocycles. The first-order valence-electron chi connectivity index (χ1n) is 7.34. The first kappa shape index (κ1) is 16.9. The minimum absolute atomic E-state index is 0.0433. The summed E-state index contributed by atoms with van der Waals surface area (Å²) in [5, 5.41) is 8.85. The van der Waals surface area contributed by atoms with Crippen molar-refractivity contribution in [3.8, 4) is 0 Å². The second kappa shape index (κ2) is 6.75. The van der Waals surface area contributed by atoms with Gasteiger partial charge in [0.1, 0.15) is 5.60 Å². The van der Waals surface area contributed by atoms with Crippen LogP contribution in [0.25, 0.3) is 0 Å². The van der Waals surface area contributed by atoms with Gasteiger partial charge in [-0.3, -0.25) is 9.59 Å². The van der Waals surface area contributed by atoms with E-state index in [0.717, 1.165) is 4.90 Å². The molecule has 0 radical (unpaired) electrons. The van der Waals surface area contributed by atoms with Crippen LogP contribution >= 0.6 is 0 Å². The molecule has 1 aliphatic rings. The Bertz CT molecular complexity index is 627. The number of amides is 2. The molecule has 0 aromatic heterocycles. The van der Waals surface area contributed by atoms with Crippen LogP contribution in [0.1, 0.15) is 37.0 Å². The molecule has 23 heavy (non-hydrogen) atoms. The number of benzene rings is 1. The standard InChI is InChI=1S/C17H19NO5/c1-17(2,10-3-11-19)23-16(22)12-4-6-13(7-5-12)18-14(20)8-9-15(18)21/h4-9,19H,3,10-11H2,1-2H3.